The van der Waals surface area contributed by atoms with Crippen LogP contribution in [0.4, 0.5) is 0 Å². The average Bonchev–Trinajstić information content (AvgIpc) is 2.61. The Kier molecular flexibility index (Phi) is 6.68. The second kappa shape index (κ2) is 8.97. The fourth-order valence-electron chi connectivity index (χ4n) is 2.87. The first-order valence-corrected chi connectivity index (χ1v) is 8.43. The molecule has 0 aromatic heterocycles. The van der Waals surface area contributed by atoms with Crippen LogP contribution in [0.15, 0.2) is 81.5 Å². The molecule has 1 aromatic rings. The summed E-state index contributed by atoms with van der Waals surface area (Å²) in [5, 5.41) is 0. The second-order valence-electron chi connectivity index (χ2n) is 5.91. The highest BCUT2D eigenvalue weighted by Gasteiger charge is 2.14. The van der Waals surface area contributed by atoms with Crippen LogP contribution in [0.2, 0.25) is 0 Å². The zero-order valence-electron chi connectivity index (χ0n) is 14.9. The van der Waals surface area contributed by atoms with E-state index < -0.39 is 0 Å². The van der Waals surface area contributed by atoms with Crippen molar-refractivity contribution in [3.63, 3.8) is 0 Å². The summed E-state index contributed by atoms with van der Waals surface area (Å²) in [7, 11) is 1.86. The van der Waals surface area contributed by atoms with E-state index in [4.69, 9.17) is 0 Å². The number of rotatable bonds is 6. The normalized spacial score (nSPS) is 17.1. The van der Waals surface area contributed by atoms with Crippen molar-refractivity contribution in [1.29, 1.82) is 0 Å². The first-order chi connectivity index (χ1) is 11.7. The maximum atomic E-state index is 4.45. The van der Waals surface area contributed by atoms with E-state index in [1.165, 1.54) is 22.3 Å². The zero-order chi connectivity index (χ0) is 17.4. The highest BCUT2D eigenvalue weighted by molar-refractivity contribution is 6.11. The summed E-state index contributed by atoms with van der Waals surface area (Å²) in [6.07, 6.45) is 13.6. The van der Waals surface area contributed by atoms with Crippen LogP contribution in [0.5, 0.6) is 0 Å². The molecule has 0 heterocycles. The number of hydrogen-bond acceptors (Lipinski definition) is 2. The molecule has 0 saturated carbocycles. The third kappa shape index (κ3) is 4.51. The van der Waals surface area contributed by atoms with Gasteiger partial charge in [0.2, 0.25) is 0 Å². The summed E-state index contributed by atoms with van der Waals surface area (Å²) in [6.45, 7) is 7.77. The highest BCUT2D eigenvalue weighted by Crippen LogP contribution is 2.25. The van der Waals surface area contributed by atoms with E-state index in [0.29, 0.717) is 0 Å². The molecule has 2 heteroatoms. The molecule has 0 bridgehead atoms. The Bertz CT molecular complexity index is 743. The van der Waals surface area contributed by atoms with Crippen molar-refractivity contribution in [2.45, 2.75) is 33.1 Å². The molecule has 0 unspecified atom stereocenters. The van der Waals surface area contributed by atoms with E-state index in [2.05, 4.69) is 79.1 Å². The number of nitrogens with zero attached hydrogens (tertiary/aromatic N) is 2. The molecule has 0 saturated heterocycles. The van der Waals surface area contributed by atoms with Gasteiger partial charge in [0.25, 0.3) is 0 Å². The van der Waals surface area contributed by atoms with Gasteiger partial charge in [-0.2, -0.15) is 0 Å². The highest BCUT2D eigenvalue weighted by atomic mass is 14.7. The lowest BCUT2D eigenvalue weighted by atomic mass is 9.88. The molecule has 0 spiro atoms. The van der Waals surface area contributed by atoms with Crippen LogP contribution in [0.3, 0.4) is 0 Å². The predicted octanol–water partition coefficient (Wildman–Crippen LogP) is 5.48. The van der Waals surface area contributed by atoms with Gasteiger partial charge in [-0.15, -0.1) is 0 Å². The van der Waals surface area contributed by atoms with E-state index in [1.807, 2.05) is 13.2 Å². The molecule has 1 aliphatic carbocycles. The molecule has 0 atom stereocenters. The van der Waals surface area contributed by atoms with Gasteiger partial charge in [0.15, 0.2) is 0 Å². The third-order valence-corrected chi connectivity index (χ3v) is 4.15. The van der Waals surface area contributed by atoms with Crippen LogP contribution in [0.25, 0.3) is 0 Å². The molecular weight excluding hydrogens is 292 g/mol. The van der Waals surface area contributed by atoms with Gasteiger partial charge in [-0.3, -0.25) is 9.98 Å². The van der Waals surface area contributed by atoms with E-state index in [1.54, 1.807) is 0 Å². The van der Waals surface area contributed by atoms with Crippen LogP contribution in [-0.4, -0.2) is 19.5 Å². The molecule has 0 amide bonds. The van der Waals surface area contributed by atoms with Gasteiger partial charge in [-0.05, 0) is 55.7 Å². The average molecular weight is 318 g/mol. The van der Waals surface area contributed by atoms with E-state index in [0.717, 1.165) is 30.5 Å². The predicted molar refractivity (Wildman–Crippen MR) is 106 cm³/mol. The summed E-state index contributed by atoms with van der Waals surface area (Å²) in [5.41, 5.74) is 7.41. The van der Waals surface area contributed by atoms with Crippen LogP contribution in [0, 0.1) is 0 Å². The quantitative estimate of drug-likeness (QED) is 0.490. The summed E-state index contributed by atoms with van der Waals surface area (Å²) < 4.78 is 0. The van der Waals surface area contributed by atoms with Crippen molar-refractivity contribution in [1.82, 2.24) is 0 Å². The summed E-state index contributed by atoms with van der Waals surface area (Å²) in [4.78, 5) is 8.35. The monoisotopic (exact) mass is 318 g/mol. The summed E-state index contributed by atoms with van der Waals surface area (Å²) >= 11 is 0. The van der Waals surface area contributed by atoms with Gasteiger partial charge < -0.3 is 0 Å². The Labute approximate surface area is 145 Å². The lowest BCUT2D eigenvalue weighted by Gasteiger charge is -2.18. The molecule has 24 heavy (non-hydrogen) atoms. The minimum atomic E-state index is 0.916. The van der Waals surface area contributed by atoms with E-state index in [-0.39, 0.29) is 0 Å². The zero-order valence-corrected chi connectivity index (χ0v) is 14.9. The molecule has 124 valence electrons. The van der Waals surface area contributed by atoms with Crippen molar-refractivity contribution in [3.8, 4) is 0 Å². The molecule has 0 N–H and O–H groups in total. The van der Waals surface area contributed by atoms with Crippen molar-refractivity contribution in [2.24, 2.45) is 9.98 Å². The third-order valence-electron chi connectivity index (χ3n) is 4.15. The maximum absolute atomic E-state index is 4.45. The Morgan fingerprint density at radius 1 is 1.29 bits per heavy atom. The molecule has 2 rings (SSSR count). The maximum Gasteiger partial charge on any atom is 0.0645 e. The van der Waals surface area contributed by atoms with Crippen molar-refractivity contribution in [2.75, 3.05) is 7.05 Å². The van der Waals surface area contributed by atoms with Gasteiger partial charge in [0.1, 0.15) is 0 Å². The lowest BCUT2D eigenvalue weighted by molar-refractivity contribution is 1.04. The van der Waals surface area contributed by atoms with Crippen molar-refractivity contribution >= 4 is 12.4 Å². The van der Waals surface area contributed by atoms with Gasteiger partial charge in [-0.25, -0.2) is 0 Å². The minimum absolute atomic E-state index is 0.916. The topological polar surface area (TPSA) is 24.7 Å². The number of hydrogen-bond donors (Lipinski definition) is 0. The van der Waals surface area contributed by atoms with E-state index >= 15 is 0 Å². The Hall–Kier alpha value is -2.48. The standard InChI is InChI=1S/C22H26N2/c1-5-6-9-19(17(2)16-23-3)13-12-18-14-20-10-7-8-11-21(20)22(15-18)24-4/h6-11,13,15-16H,3,5,12,14H2,1-2,4H3/b9-6-,17-16-,19-13-,24-22?. The van der Waals surface area contributed by atoms with Crippen molar-refractivity contribution < 1.29 is 0 Å². The number of allylic oxidation sites excluding steroid dienone is 7. The summed E-state index contributed by atoms with van der Waals surface area (Å²) in [5.74, 6) is 0. The van der Waals surface area contributed by atoms with Gasteiger partial charge in [0, 0.05) is 18.8 Å². The molecule has 0 radical (unpaired) electrons. The number of benzene rings is 1. The molecule has 0 aliphatic heterocycles. The SMILES string of the molecule is C=N\C=C(C)/C(/C=C\CC)=C\CC1=CC(=NC)c2ccccc2C1. The lowest BCUT2D eigenvalue weighted by Crippen LogP contribution is -2.10. The van der Waals surface area contributed by atoms with Crippen LogP contribution in [0.1, 0.15) is 37.8 Å². The fourth-order valence-corrected chi connectivity index (χ4v) is 2.87. The van der Waals surface area contributed by atoms with Crippen molar-refractivity contribution in [3.05, 3.63) is 82.6 Å². The Morgan fingerprint density at radius 2 is 2.08 bits per heavy atom. The molecular formula is C22H26N2. The minimum Gasteiger partial charge on any atom is -0.288 e. The summed E-state index contributed by atoms with van der Waals surface area (Å²) in [6, 6.07) is 8.52. The largest absolute Gasteiger partial charge is 0.288 e. The smallest absolute Gasteiger partial charge is 0.0645 e. The van der Waals surface area contributed by atoms with Crippen LogP contribution in [-0.2, 0) is 6.42 Å². The van der Waals surface area contributed by atoms with E-state index in [9.17, 15) is 0 Å². The molecule has 1 aliphatic rings. The van der Waals surface area contributed by atoms with Gasteiger partial charge in [0.05, 0.1) is 5.71 Å². The number of fused-ring (bicyclic) bond motifs is 1. The fraction of sp³-hybridized carbons (Fsp3) is 0.273. The first kappa shape index (κ1) is 17.9. The van der Waals surface area contributed by atoms with Gasteiger partial charge >= 0.3 is 0 Å². The molecule has 2 nitrogen and oxygen atoms in total. The Morgan fingerprint density at radius 3 is 2.79 bits per heavy atom. The first-order valence-electron chi connectivity index (χ1n) is 8.43. The number of aliphatic imine (C=N–C) groups is 2. The van der Waals surface area contributed by atoms with Crippen LogP contribution < -0.4 is 0 Å². The molecule has 0 fully saturated rings. The second-order valence-corrected chi connectivity index (χ2v) is 5.91. The molecule has 1 aromatic carbocycles. The van der Waals surface area contributed by atoms with Gasteiger partial charge in [-0.1, -0.05) is 55.0 Å². The van der Waals surface area contributed by atoms with Crippen LogP contribution >= 0.6 is 0 Å². The Balaban J connectivity index is 2.26.